The van der Waals surface area contributed by atoms with Gasteiger partial charge in [-0.05, 0) is 80.5 Å². The fourth-order valence-corrected chi connectivity index (χ4v) is 9.75. The first-order valence-corrected chi connectivity index (χ1v) is 21.5. The number of urea groups is 1. The number of imide groups is 2. The van der Waals surface area contributed by atoms with E-state index in [1.807, 2.05) is 30.1 Å². The third-order valence-corrected chi connectivity index (χ3v) is 13.3. The zero-order valence-corrected chi connectivity index (χ0v) is 34.5. The molecule has 9 rings (SSSR count). The third kappa shape index (κ3) is 8.18. The van der Waals surface area contributed by atoms with Gasteiger partial charge in [0.15, 0.2) is 5.82 Å². The van der Waals surface area contributed by atoms with Crippen LogP contribution >= 0.6 is 0 Å². The molecule has 5 N–H and O–H groups in total. The molecule has 5 fully saturated rings. The van der Waals surface area contributed by atoms with Gasteiger partial charge >= 0.3 is 6.03 Å². The number of hydrogen-bond donors (Lipinski definition) is 4. The summed E-state index contributed by atoms with van der Waals surface area (Å²) >= 11 is 0. The Balaban J connectivity index is 0.753. The fraction of sp³-hybridized carbons (Fsp3) is 0.512. The summed E-state index contributed by atoms with van der Waals surface area (Å²) in [5.74, 6) is -0.337. The number of carbonyl (C=O) groups excluding carboxylic acids is 5. The van der Waals surface area contributed by atoms with Crippen molar-refractivity contribution in [3.05, 3.63) is 65.5 Å². The van der Waals surface area contributed by atoms with Crippen molar-refractivity contribution < 1.29 is 29.1 Å². The minimum Gasteiger partial charge on any atom is -0.373 e. The number of rotatable bonds is 10. The Labute approximate surface area is 354 Å². The van der Waals surface area contributed by atoms with Crippen LogP contribution in [-0.4, -0.2) is 155 Å². The van der Waals surface area contributed by atoms with Crippen LogP contribution in [0.4, 0.5) is 33.5 Å². The maximum absolute atomic E-state index is 13.4. The quantitative estimate of drug-likeness (QED) is 0.170. The molecule has 3 aromatic rings. The smallest absolute Gasteiger partial charge is 0.320 e. The summed E-state index contributed by atoms with van der Waals surface area (Å²) in [6, 6.07) is 12.8. The molecule has 61 heavy (non-hydrogen) atoms. The summed E-state index contributed by atoms with van der Waals surface area (Å²) in [6.45, 7) is 9.42. The van der Waals surface area contributed by atoms with E-state index in [0.717, 1.165) is 113 Å². The summed E-state index contributed by atoms with van der Waals surface area (Å²) in [7, 11) is 1.84. The molecule has 0 radical (unpaired) electrons. The lowest BCUT2D eigenvalue weighted by Gasteiger charge is -2.40. The van der Waals surface area contributed by atoms with E-state index in [9.17, 15) is 29.1 Å². The molecule has 18 nitrogen and oxygen atoms in total. The number of likely N-dealkylation sites (N-methyl/N-ethyl adjacent to an activating group) is 1. The average molecular weight is 835 g/mol. The molecule has 6 aliphatic heterocycles. The molecular formula is C43H54N12O6. The van der Waals surface area contributed by atoms with Crippen LogP contribution in [0.2, 0.25) is 0 Å². The standard InChI is InChI=1S/C43H54N12O6/c1-49-17-22-54(43(49)61)31-3-2-14-53(26-31)35-24-45-37(38(44)57)39(47-35)46-28-4-6-29(7-5-28)52-20-18-50(19-21-52)25-27-12-15-51(16-13-27)30-8-9-32-33(23-30)42(60)55(41(32)59)34-10-11-36(56)48-40(34)58/h4-9,23-24,27,31,34,38,57H,2-3,10-22,25-26,44H2,1H3,(H,46,47)(H,48,56,58)/t31-,34?,38?/m1/s1. The van der Waals surface area contributed by atoms with E-state index < -0.39 is 35.9 Å². The molecule has 18 heteroatoms. The number of carbonyl (C=O) groups is 5. The number of piperazine rings is 1. The van der Waals surface area contributed by atoms with Gasteiger partial charge < -0.3 is 40.7 Å². The molecule has 0 saturated carbocycles. The Kier molecular flexibility index (Phi) is 11.2. The number of benzene rings is 2. The number of piperidine rings is 3. The molecule has 0 bridgehead atoms. The molecule has 7 heterocycles. The maximum atomic E-state index is 13.4. The van der Waals surface area contributed by atoms with Crippen LogP contribution in [0.3, 0.4) is 0 Å². The molecule has 322 valence electrons. The molecule has 2 aromatic carbocycles. The Bertz CT molecular complexity index is 2190. The Morgan fingerprint density at radius 1 is 0.820 bits per heavy atom. The first kappa shape index (κ1) is 40.6. The maximum Gasteiger partial charge on any atom is 0.320 e. The van der Waals surface area contributed by atoms with Crippen LogP contribution in [0.5, 0.6) is 0 Å². The van der Waals surface area contributed by atoms with Crippen molar-refractivity contribution in [1.29, 1.82) is 0 Å². The molecule has 1 aromatic heterocycles. The average Bonchev–Trinajstić information content (AvgIpc) is 3.73. The van der Waals surface area contributed by atoms with Crippen LogP contribution in [-0.2, 0) is 9.59 Å². The number of aliphatic hydroxyl groups is 1. The van der Waals surface area contributed by atoms with E-state index in [0.29, 0.717) is 35.2 Å². The summed E-state index contributed by atoms with van der Waals surface area (Å²) in [5.41, 5.74) is 9.61. The van der Waals surface area contributed by atoms with Gasteiger partial charge in [-0.25, -0.2) is 14.8 Å². The Hall–Kier alpha value is -5.85. The minimum atomic E-state index is -1.30. The Morgan fingerprint density at radius 2 is 1.54 bits per heavy atom. The fourth-order valence-electron chi connectivity index (χ4n) is 9.75. The number of hydrogen-bond acceptors (Lipinski definition) is 14. The van der Waals surface area contributed by atoms with Crippen molar-refractivity contribution in [3.63, 3.8) is 0 Å². The van der Waals surface area contributed by atoms with E-state index in [2.05, 4.69) is 47.3 Å². The van der Waals surface area contributed by atoms with Gasteiger partial charge in [-0.1, -0.05) is 0 Å². The van der Waals surface area contributed by atoms with Gasteiger partial charge in [0.1, 0.15) is 23.8 Å². The lowest BCUT2D eigenvalue weighted by atomic mass is 9.95. The van der Waals surface area contributed by atoms with Crippen molar-refractivity contribution >= 4 is 58.4 Å². The van der Waals surface area contributed by atoms with E-state index in [1.165, 1.54) is 0 Å². The van der Waals surface area contributed by atoms with E-state index >= 15 is 0 Å². The molecule has 5 saturated heterocycles. The third-order valence-electron chi connectivity index (χ3n) is 13.3. The van der Waals surface area contributed by atoms with E-state index in [-0.39, 0.29) is 30.6 Å². The second kappa shape index (κ2) is 16.9. The van der Waals surface area contributed by atoms with Gasteiger partial charge in [0.25, 0.3) is 11.8 Å². The molecule has 0 aliphatic carbocycles. The summed E-state index contributed by atoms with van der Waals surface area (Å²) < 4.78 is 0. The highest BCUT2D eigenvalue weighted by atomic mass is 16.3. The second-order valence-corrected chi connectivity index (χ2v) is 17.1. The molecule has 6 aliphatic rings. The van der Waals surface area contributed by atoms with Crippen LogP contribution in [0.1, 0.15) is 71.2 Å². The normalized spacial score (nSPS) is 23.6. The topological polar surface area (TPSA) is 204 Å². The van der Waals surface area contributed by atoms with Gasteiger partial charge in [-0.3, -0.25) is 34.3 Å². The van der Waals surface area contributed by atoms with Crippen LogP contribution < -0.4 is 31.1 Å². The zero-order chi connectivity index (χ0) is 42.4. The number of nitrogens with zero attached hydrogens (tertiary/aromatic N) is 9. The SMILES string of the molecule is CN1CCN([C@@H]2CCCN(c3cnc(C(N)O)c(Nc4ccc(N5CCN(CC6CCN(c7ccc8c(c7)C(=O)N(C7CCC(=O)NC7=O)C8=O)CC6)CC5)cc4)n3)C2)C1=O. The van der Waals surface area contributed by atoms with Crippen LogP contribution in [0.15, 0.2) is 48.7 Å². The van der Waals surface area contributed by atoms with Crippen molar-refractivity contribution in [2.24, 2.45) is 11.7 Å². The van der Waals surface area contributed by atoms with Crippen molar-refractivity contribution in [2.75, 3.05) is 99.1 Å². The van der Waals surface area contributed by atoms with Gasteiger partial charge in [-0.15, -0.1) is 0 Å². The monoisotopic (exact) mass is 834 g/mol. The highest BCUT2D eigenvalue weighted by molar-refractivity contribution is 6.23. The predicted octanol–water partition coefficient (Wildman–Crippen LogP) is 1.95. The molecule has 6 amide bonds. The number of amides is 6. The highest BCUT2D eigenvalue weighted by Crippen LogP contribution is 2.33. The van der Waals surface area contributed by atoms with E-state index in [1.54, 1.807) is 23.2 Å². The van der Waals surface area contributed by atoms with Gasteiger partial charge in [0.05, 0.1) is 23.4 Å². The largest absolute Gasteiger partial charge is 0.373 e. The van der Waals surface area contributed by atoms with Crippen molar-refractivity contribution in [3.8, 4) is 0 Å². The minimum absolute atomic E-state index is 0.0702. The Morgan fingerprint density at radius 3 is 2.25 bits per heavy atom. The van der Waals surface area contributed by atoms with Crippen molar-refractivity contribution in [1.82, 2.24) is 34.9 Å². The number of aromatic nitrogens is 2. The summed E-state index contributed by atoms with van der Waals surface area (Å²) in [5, 5.41) is 15.9. The molecule has 0 spiro atoms. The van der Waals surface area contributed by atoms with Crippen molar-refractivity contribution in [2.45, 2.75) is 56.8 Å². The first-order valence-electron chi connectivity index (χ1n) is 21.5. The highest BCUT2D eigenvalue weighted by Gasteiger charge is 2.45. The predicted molar refractivity (Wildman–Crippen MR) is 228 cm³/mol. The molecular weight excluding hydrogens is 781 g/mol. The number of fused-ring (bicyclic) bond motifs is 1. The number of aliphatic hydroxyl groups excluding tert-OH is 1. The second-order valence-electron chi connectivity index (χ2n) is 17.1. The van der Waals surface area contributed by atoms with Gasteiger partial charge in [0, 0.05) is 103 Å². The first-order chi connectivity index (χ1) is 29.5. The number of nitrogens with two attached hydrogens (primary N) is 1. The van der Waals surface area contributed by atoms with Gasteiger partial charge in [0.2, 0.25) is 11.8 Å². The van der Waals surface area contributed by atoms with Gasteiger partial charge in [-0.2, -0.15) is 0 Å². The molecule has 2 unspecified atom stereocenters. The summed E-state index contributed by atoms with van der Waals surface area (Å²) in [6.07, 6.45) is 4.50. The lowest BCUT2D eigenvalue weighted by Crippen LogP contribution is -2.54. The number of nitrogens with one attached hydrogen (secondary N) is 2. The zero-order valence-electron chi connectivity index (χ0n) is 34.5. The lowest BCUT2D eigenvalue weighted by molar-refractivity contribution is -0.136. The number of anilines is 5. The van der Waals surface area contributed by atoms with E-state index in [4.69, 9.17) is 10.7 Å². The molecule has 3 atom stereocenters. The van der Waals surface area contributed by atoms with Crippen LogP contribution in [0, 0.1) is 5.92 Å². The summed E-state index contributed by atoms with van der Waals surface area (Å²) in [4.78, 5) is 86.8. The van der Waals surface area contributed by atoms with Crippen LogP contribution in [0.25, 0.3) is 0 Å².